The molecule has 0 saturated heterocycles. The molecule has 15 heavy (non-hydrogen) atoms. The number of esters is 1. The second-order valence-electron chi connectivity index (χ2n) is 5.27. The highest BCUT2D eigenvalue weighted by atomic mass is 16.5. The molecule has 1 N–H and O–H groups in total. The van der Waals surface area contributed by atoms with Crippen molar-refractivity contribution in [1.82, 2.24) is 0 Å². The zero-order chi connectivity index (χ0) is 11.2. The second kappa shape index (κ2) is 3.48. The van der Waals surface area contributed by atoms with Crippen LogP contribution >= 0.6 is 0 Å². The van der Waals surface area contributed by atoms with Crippen LogP contribution in [-0.2, 0) is 9.53 Å². The van der Waals surface area contributed by atoms with Gasteiger partial charge in [-0.1, -0.05) is 13.8 Å². The molecule has 0 heterocycles. The summed E-state index contributed by atoms with van der Waals surface area (Å²) in [5.74, 6) is 1.09. The topological polar surface area (TPSA) is 46.5 Å². The fraction of sp³-hybridized carbons (Fsp3) is 0.917. The number of aliphatic hydroxyl groups is 1. The van der Waals surface area contributed by atoms with Crippen molar-refractivity contribution < 1.29 is 14.6 Å². The van der Waals surface area contributed by atoms with E-state index in [0.717, 1.165) is 12.8 Å². The molecule has 0 aliphatic heterocycles. The summed E-state index contributed by atoms with van der Waals surface area (Å²) in [6.07, 6.45) is 1.55. The third-order valence-electron chi connectivity index (χ3n) is 4.14. The van der Waals surface area contributed by atoms with E-state index in [1.165, 1.54) is 0 Å². The Morgan fingerprint density at radius 3 is 2.40 bits per heavy atom. The van der Waals surface area contributed by atoms with Gasteiger partial charge in [0.15, 0.2) is 0 Å². The van der Waals surface area contributed by atoms with Gasteiger partial charge < -0.3 is 9.84 Å². The zero-order valence-corrected chi connectivity index (χ0v) is 9.69. The van der Waals surface area contributed by atoms with Crippen LogP contribution in [0.2, 0.25) is 0 Å². The van der Waals surface area contributed by atoms with E-state index in [1.807, 2.05) is 20.8 Å². The van der Waals surface area contributed by atoms with Gasteiger partial charge in [0.25, 0.3) is 0 Å². The zero-order valence-electron chi connectivity index (χ0n) is 9.69. The minimum Gasteiger partial charge on any atom is -0.466 e. The molecular formula is C12H20O3. The number of carbonyl (C=O) groups is 1. The molecular weight excluding hydrogens is 192 g/mol. The van der Waals surface area contributed by atoms with Crippen LogP contribution in [0.25, 0.3) is 0 Å². The first-order chi connectivity index (χ1) is 6.99. The maximum Gasteiger partial charge on any atom is 0.309 e. The lowest BCUT2D eigenvalue weighted by molar-refractivity contribution is -0.146. The van der Waals surface area contributed by atoms with Gasteiger partial charge in [0.05, 0.1) is 18.1 Å². The number of carbonyl (C=O) groups excluding carboxylic acids is 1. The molecule has 2 unspecified atom stereocenters. The lowest BCUT2D eigenvalue weighted by Gasteiger charge is -2.29. The predicted molar refractivity (Wildman–Crippen MR) is 56.1 cm³/mol. The van der Waals surface area contributed by atoms with Crippen LogP contribution in [0.3, 0.4) is 0 Å². The number of rotatable bonds is 3. The Labute approximate surface area is 90.8 Å². The summed E-state index contributed by atoms with van der Waals surface area (Å²) < 4.78 is 5.01. The molecule has 3 nitrogen and oxygen atoms in total. The minimum absolute atomic E-state index is 0.0571. The lowest BCUT2D eigenvalue weighted by atomic mass is 9.84. The molecule has 0 aromatic rings. The Balaban J connectivity index is 1.91. The summed E-state index contributed by atoms with van der Waals surface area (Å²) in [6, 6.07) is 0. The van der Waals surface area contributed by atoms with Gasteiger partial charge in [-0.2, -0.15) is 0 Å². The molecule has 4 atom stereocenters. The molecule has 2 fully saturated rings. The molecule has 0 aromatic heterocycles. The van der Waals surface area contributed by atoms with E-state index >= 15 is 0 Å². The summed E-state index contributed by atoms with van der Waals surface area (Å²) in [6.45, 7) is 6.39. The smallest absolute Gasteiger partial charge is 0.309 e. The highest BCUT2D eigenvalue weighted by Crippen LogP contribution is 2.62. The molecule has 0 aromatic carbocycles. The van der Waals surface area contributed by atoms with Crippen molar-refractivity contribution in [2.75, 3.05) is 6.61 Å². The van der Waals surface area contributed by atoms with Gasteiger partial charge in [-0.3, -0.25) is 4.79 Å². The number of hydrogen-bond donors (Lipinski definition) is 1. The van der Waals surface area contributed by atoms with Crippen LogP contribution in [-0.4, -0.2) is 23.3 Å². The average molecular weight is 212 g/mol. The summed E-state index contributed by atoms with van der Waals surface area (Å²) in [4.78, 5) is 11.5. The molecule has 2 aliphatic carbocycles. The number of hydrogen-bond acceptors (Lipinski definition) is 3. The first-order valence-corrected chi connectivity index (χ1v) is 5.88. The molecule has 2 aliphatic rings. The van der Waals surface area contributed by atoms with E-state index in [2.05, 4.69) is 0 Å². The van der Waals surface area contributed by atoms with E-state index < -0.39 is 5.60 Å². The van der Waals surface area contributed by atoms with Crippen LogP contribution < -0.4 is 0 Å². The molecule has 2 saturated carbocycles. The molecule has 0 spiro atoms. The number of ether oxygens (including phenoxy) is 1. The van der Waals surface area contributed by atoms with E-state index in [4.69, 9.17) is 4.74 Å². The van der Waals surface area contributed by atoms with Crippen molar-refractivity contribution in [3.05, 3.63) is 0 Å². The molecule has 0 bridgehead atoms. The van der Waals surface area contributed by atoms with Crippen LogP contribution in [0.4, 0.5) is 0 Å². The summed E-state index contributed by atoms with van der Waals surface area (Å²) in [5.41, 5.74) is -0.529. The minimum atomic E-state index is -0.529. The monoisotopic (exact) mass is 212 g/mol. The van der Waals surface area contributed by atoms with Gasteiger partial charge in [0.1, 0.15) is 0 Å². The molecule has 0 radical (unpaired) electrons. The first kappa shape index (κ1) is 10.9. The van der Waals surface area contributed by atoms with E-state index in [1.54, 1.807) is 0 Å². The Morgan fingerprint density at radius 2 is 2.00 bits per heavy atom. The third kappa shape index (κ3) is 1.67. The molecule has 86 valence electrons. The summed E-state index contributed by atoms with van der Waals surface area (Å²) in [5, 5.41) is 10.2. The third-order valence-corrected chi connectivity index (χ3v) is 4.14. The van der Waals surface area contributed by atoms with Gasteiger partial charge >= 0.3 is 5.97 Å². The van der Waals surface area contributed by atoms with Crippen molar-refractivity contribution in [2.45, 2.75) is 39.2 Å². The van der Waals surface area contributed by atoms with Crippen molar-refractivity contribution >= 4 is 5.97 Å². The van der Waals surface area contributed by atoms with E-state index in [9.17, 15) is 9.90 Å². The fourth-order valence-electron chi connectivity index (χ4n) is 2.96. The largest absolute Gasteiger partial charge is 0.466 e. The highest BCUT2D eigenvalue weighted by Gasteiger charge is 2.65. The van der Waals surface area contributed by atoms with Crippen molar-refractivity contribution in [3.63, 3.8) is 0 Å². The van der Waals surface area contributed by atoms with Crippen molar-refractivity contribution in [1.29, 1.82) is 0 Å². The van der Waals surface area contributed by atoms with Gasteiger partial charge in [-0.25, -0.2) is 0 Å². The van der Waals surface area contributed by atoms with E-state index in [-0.39, 0.29) is 17.8 Å². The van der Waals surface area contributed by atoms with Crippen molar-refractivity contribution in [2.24, 2.45) is 23.7 Å². The Morgan fingerprint density at radius 1 is 1.47 bits per heavy atom. The standard InChI is InChI=1S/C12H20O3/c1-4-15-11(13)10-8-5-12(14,7(2)3)6-9(8)10/h7-10,14H,4-6H2,1-3H3/t8-,9+,10?,12?. The van der Waals surface area contributed by atoms with Crippen LogP contribution in [0.5, 0.6) is 0 Å². The second-order valence-corrected chi connectivity index (χ2v) is 5.27. The number of fused-ring (bicyclic) bond motifs is 1. The van der Waals surface area contributed by atoms with Gasteiger partial charge in [-0.05, 0) is 37.5 Å². The van der Waals surface area contributed by atoms with Crippen LogP contribution in [0, 0.1) is 23.7 Å². The molecule has 2 rings (SSSR count). The Bertz CT molecular complexity index is 260. The Kier molecular flexibility index (Phi) is 2.53. The molecule has 3 heteroatoms. The van der Waals surface area contributed by atoms with Gasteiger partial charge in [0, 0.05) is 0 Å². The summed E-state index contributed by atoms with van der Waals surface area (Å²) in [7, 11) is 0. The summed E-state index contributed by atoms with van der Waals surface area (Å²) >= 11 is 0. The van der Waals surface area contributed by atoms with Crippen molar-refractivity contribution in [3.8, 4) is 0 Å². The fourth-order valence-corrected chi connectivity index (χ4v) is 2.96. The van der Waals surface area contributed by atoms with Gasteiger partial charge in [0.2, 0.25) is 0 Å². The highest BCUT2D eigenvalue weighted by molar-refractivity contribution is 5.77. The lowest BCUT2D eigenvalue weighted by Crippen LogP contribution is -2.34. The normalized spacial score (nSPS) is 42.9. The first-order valence-electron chi connectivity index (χ1n) is 5.88. The molecule has 0 amide bonds. The maximum absolute atomic E-state index is 11.5. The maximum atomic E-state index is 11.5. The average Bonchev–Trinajstić information content (AvgIpc) is 2.66. The van der Waals surface area contributed by atoms with Crippen LogP contribution in [0.1, 0.15) is 33.6 Å². The van der Waals surface area contributed by atoms with E-state index in [0.29, 0.717) is 18.4 Å². The van der Waals surface area contributed by atoms with Crippen LogP contribution in [0.15, 0.2) is 0 Å². The predicted octanol–water partition coefficient (Wildman–Crippen LogP) is 1.59. The van der Waals surface area contributed by atoms with Gasteiger partial charge in [-0.15, -0.1) is 0 Å². The quantitative estimate of drug-likeness (QED) is 0.723. The SMILES string of the molecule is CCOC(=O)C1[C@H]2CC(O)(C(C)C)C[C@@H]12. The Hall–Kier alpha value is -0.570.